The Bertz CT molecular complexity index is 1210. The van der Waals surface area contributed by atoms with E-state index in [4.69, 9.17) is 4.74 Å². The van der Waals surface area contributed by atoms with Crippen LogP contribution in [0.4, 0.5) is 0 Å². The quantitative estimate of drug-likeness (QED) is 0.466. The van der Waals surface area contributed by atoms with E-state index in [0.29, 0.717) is 33.8 Å². The van der Waals surface area contributed by atoms with Crippen molar-refractivity contribution in [2.75, 3.05) is 26.2 Å². The number of benzene rings is 1. The van der Waals surface area contributed by atoms with Crippen molar-refractivity contribution in [1.29, 1.82) is 0 Å². The van der Waals surface area contributed by atoms with E-state index < -0.39 is 5.97 Å². The average Bonchev–Trinajstić information content (AvgIpc) is 3.24. The molecule has 0 saturated carbocycles. The molecule has 0 spiro atoms. The Morgan fingerprint density at radius 1 is 1.03 bits per heavy atom. The lowest BCUT2D eigenvalue weighted by Gasteiger charge is -2.44. The molecule has 3 aliphatic heterocycles. The summed E-state index contributed by atoms with van der Waals surface area (Å²) in [5.74, 6) is -0.372. The van der Waals surface area contributed by atoms with Gasteiger partial charge in [0.05, 0.1) is 28.9 Å². The number of pyridine rings is 1. The Morgan fingerprint density at radius 2 is 1.79 bits per heavy atom. The maximum absolute atomic E-state index is 13.3. The van der Waals surface area contributed by atoms with E-state index in [1.165, 1.54) is 0 Å². The molecular formula is C26H27N3O4. The number of carbonyl (C=O) groups excluding carboxylic acids is 3. The zero-order valence-corrected chi connectivity index (χ0v) is 18.6. The van der Waals surface area contributed by atoms with Gasteiger partial charge in [-0.05, 0) is 57.0 Å². The van der Waals surface area contributed by atoms with Crippen molar-refractivity contribution in [3.63, 3.8) is 0 Å². The minimum absolute atomic E-state index is 0.140. The summed E-state index contributed by atoms with van der Waals surface area (Å²) in [4.78, 5) is 41.3. The third-order valence-electron chi connectivity index (χ3n) is 6.76. The number of ketones is 1. The number of rotatable bonds is 6. The number of hydrogen-bond donors (Lipinski definition) is 1. The number of nitrogens with zero attached hydrogens (tertiary/aromatic N) is 2. The van der Waals surface area contributed by atoms with Crippen LogP contribution in [0.15, 0.2) is 54.7 Å². The zero-order valence-electron chi connectivity index (χ0n) is 18.6. The lowest BCUT2D eigenvalue weighted by atomic mass is 9.84. The van der Waals surface area contributed by atoms with Gasteiger partial charge in [-0.15, -0.1) is 0 Å². The van der Waals surface area contributed by atoms with Gasteiger partial charge in [0.2, 0.25) is 5.78 Å². The molecule has 2 aromatic heterocycles. The van der Waals surface area contributed by atoms with Gasteiger partial charge in [-0.2, -0.15) is 0 Å². The zero-order chi connectivity index (χ0) is 22.9. The molecule has 3 aromatic rings. The highest BCUT2D eigenvalue weighted by molar-refractivity contribution is 6.11. The van der Waals surface area contributed by atoms with Crippen LogP contribution in [0.5, 0.6) is 0 Å². The first-order valence-corrected chi connectivity index (χ1v) is 11.5. The van der Waals surface area contributed by atoms with E-state index in [1.54, 1.807) is 60.0 Å². The Labute approximate surface area is 192 Å². The largest absolute Gasteiger partial charge is 0.462 e. The average molecular weight is 446 g/mol. The van der Waals surface area contributed by atoms with Crippen LogP contribution in [0.25, 0.3) is 5.52 Å². The predicted octanol–water partition coefficient (Wildman–Crippen LogP) is 3.17. The molecule has 0 aliphatic carbocycles. The number of esters is 1. The summed E-state index contributed by atoms with van der Waals surface area (Å²) in [5.41, 5.74) is 2.12. The van der Waals surface area contributed by atoms with E-state index in [-0.39, 0.29) is 24.3 Å². The Kier molecular flexibility index (Phi) is 5.72. The molecule has 2 bridgehead atoms. The van der Waals surface area contributed by atoms with Crippen molar-refractivity contribution in [2.45, 2.75) is 25.8 Å². The predicted molar refractivity (Wildman–Crippen MR) is 124 cm³/mol. The SMILES string of the molecule is CCOC(=O)c1cc(C(=O)c2ccccc2)n2cc(C(=O)N[C@H]3CN4CCC3CC4)ccc12. The molecule has 5 heterocycles. The number of aromatic nitrogens is 1. The van der Waals surface area contributed by atoms with Crippen molar-refractivity contribution >= 4 is 23.2 Å². The summed E-state index contributed by atoms with van der Waals surface area (Å²) >= 11 is 0. The molecule has 170 valence electrons. The van der Waals surface area contributed by atoms with Crippen LogP contribution in [0, 0.1) is 5.92 Å². The second-order valence-corrected chi connectivity index (χ2v) is 8.75. The number of hydrogen-bond acceptors (Lipinski definition) is 5. The van der Waals surface area contributed by atoms with Crippen molar-refractivity contribution in [2.24, 2.45) is 5.92 Å². The third kappa shape index (κ3) is 4.04. The third-order valence-corrected chi connectivity index (χ3v) is 6.76. The Morgan fingerprint density at radius 3 is 2.45 bits per heavy atom. The van der Waals surface area contributed by atoms with E-state index in [1.807, 2.05) is 6.07 Å². The number of carbonyl (C=O) groups is 3. The molecule has 0 radical (unpaired) electrons. The molecule has 1 amide bonds. The molecule has 0 unspecified atom stereocenters. The maximum Gasteiger partial charge on any atom is 0.340 e. The molecule has 3 fully saturated rings. The van der Waals surface area contributed by atoms with Crippen molar-refractivity contribution in [1.82, 2.24) is 14.6 Å². The van der Waals surface area contributed by atoms with Crippen LogP contribution in [0.3, 0.4) is 0 Å². The molecule has 1 aromatic carbocycles. The van der Waals surface area contributed by atoms with Crippen LogP contribution in [0.1, 0.15) is 56.5 Å². The highest BCUT2D eigenvalue weighted by atomic mass is 16.5. The minimum atomic E-state index is -0.494. The first-order valence-electron chi connectivity index (χ1n) is 11.5. The van der Waals surface area contributed by atoms with E-state index in [9.17, 15) is 14.4 Å². The van der Waals surface area contributed by atoms with Crippen LogP contribution in [-0.4, -0.2) is 59.2 Å². The Hall–Kier alpha value is -3.45. The first kappa shape index (κ1) is 21.4. The lowest BCUT2D eigenvalue weighted by Crippen LogP contribution is -2.57. The van der Waals surface area contributed by atoms with Gasteiger partial charge in [-0.1, -0.05) is 30.3 Å². The van der Waals surface area contributed by atoms with Gasteiger partial charge in [0, 0.05) is 24.3 Å². The fourth-order valence-corrected chi connectivity index (χ4v) is 5.00. The van der Waals surface area contributed by atoms with Gasteiger partial charge in [-0.3, -0.25) is 9.59 Å². The fraction of sp³-hybridized carbons (Fsp3) is 0.346. The first-order chi connectivity index (χ1) is 16.0. The van der Waals surface area contributed by atoms with Gasteiger partial charge < -0.3 is 19.4 Å². The van der Waals surface area contributed by atoms with Gasteiger partial charge in [0.25, 0.3) is 5.91 Å². The summed E-state index contributed by atoms with van der Waals surface area (Å²) in [7, 11) is 0. The highest BCUT2D eigenvalue weighted by Gasteiger charge is 2.35. The van der Waals surface area contributed by atoms with Crippen LogP contribution >= 0.6 is 0 Å². The summed E-state index contributed by atoms with van der Waals surface area (Å²) in [6.45, 7) is 5.07. The Balaban J connectivity index is 1.50. The molecule has 1 atom stereocenters. The maximum atomic E-state index is 13.3. The fourth-order valence-electron chi connectivity index (χ4n) is 5.00. The van der Waals surface area contributed by atoms with E-state index in [0.717, 1.165) is 32.5 Å². The van der Waals surface area contributed by atoms with E-state index >= 15 is 0 Å². The molecule has 3 aliphatic rings. The number of fused-ring (bicyclic) bond motifs is 4. The monoisotopic (exact) mass is 445 g/mol. The number of piperidine rings is 3. The van der Waals surface area contributed by atoms with Gasteiger partial charge in [0.15, 0.2) is 0 Å². The topological polar surface area (TPSA) is 80.1 Å². The molecule has 33 heavy (non-hydrogen) atoms. The highest BCUT2D eigenvalue weighted by Crippen LogP contribution is 2.28. The second-order valence-electron chi connectivity index (χ2n) is 8.75. The normalized spacial score (nSPS) is 21.7. The summed E-state index contributed by atoms with van der Waals surface area (Å²) < 4.78 is 6.83. The standard InChI is InChI=1S/C26H27N3O4/c1-2-33-26(32)20-14-23(24(30)18-6-4-3-5-7-18)29-15-19(8-9-22(20)29)25(31)27-21-16-28-12-10-17(21)11-13-28/h3-9,14-15,17,21H,2,10-13,16H2,1H3,(H,27,31)/t21-/m0/s1. The summed E-state index contributed by atoms with van der Waals surface area (Å²) in [6.07, 6.45) is 3.87. The van der Waals surface area contributed by atoms with Crippen LogP contribution in [0.2, 0.25) is 0 Å². The summed E-state index contributed by atoms with van der Waals surface area (Å²) in [5, 5.41) is 3.19. The molecule has 7 heteroatoms. The number of amides is 1. The molecule has 7 nitrogen and oxygen atoms in total. The van der Waals surface area contributed by atoms with Crippen LogP contribution < -0.4 is 5.32 Å². The van der Waals surface area contributed by atoms with Gasteiger partial charge in [-0.25, -0.2) is 4.79 Å². The lowest BCUT2D eigenvalue weighted by molar-refractivity contribution is 0.0528. The van der Waals surface area contributed by atoms with E-state index in [2.05, 4.69) is 10.2 Å². The molecule has 6 rings (SSSR count). The van der Waals surface area contributed by atoms with Crippen molar-refractivity contribution in [3.05, 3.63) is 77.1 Å². The smallest absolute Gasteiger partial charge is 0.340 e. The molecule has 3 saturated heterocycles. The van der Waals surface area contributed by atoms with Gasteiger partial charge >= 0.3 is 5.97 Å². The molecule has 1 N–H and O–H groups in total. The van der Waals surface area contributed by atoms with Crippen molar-refractivity contribution < 1.29 is 19.1 Å². The summed E-state index contributed by atoms with van der Waals surface area (Å²) in [6, 6.07) is 14.0. The minimum Gasteiger partial charge on any atom is -0.462 e. The van der Waals surface area contributed by atoms with Gasteiger partial charge in [0.1, 0.15) is 0 Å². The second kappa shape index (κ2) is 8.83. The number of nitrogens with one attached hydrogen (secondary N) is 1. The van der Waals surface area contributed by atoms with Crippen molar-refractivity contribution in [3.8, 4) is 0 Å². The number of ether oxygens (including phenoxy) is 1. The van der Waals surface area contributed by atoms with Crippen LogP contribution in [-0.2, 0) is 4.74 Å². The molecular weight excluding hydrogens is 418 g/mol.